The molecular weight excluding hydrogens is 384 g/mol. The average Bonchev–Trinajstić information content (AvgIpc) is 3.07. The summed E-state index contributed by atoms with van der Waals surface area (Å²) < 4.78 is 12.0. The standard InChI is InChI=1S/C15H12BrClN4O2/c1-22-13-7-10(15-18-20-21-19-15)6-12(16)14(13)23-8-9-3-2-4-11(17)5-9/h2-7H,8H2,1H3,(H,18,19,20,21). The number of hydrogen-bond acceptors (Lipinski definition) is 5. The highest BCUT2D eigenvalue weighted by atomic mass is 79.9. The zero-order valence-electron chi connectivity index (χ0n) is 12.1. The predicted octanol–water partition coefficient (Wildman–Crippen LogP) is 3.87. The molecule has 0 fully saturated rings. The van der Waals surface area contributed by atoms with Crippen molar-refractivity contribution in [1.29, 1.82) is 0 Å². The molecule has 6 nitrogen and oxygen atoms in total. The number of H-pyrrole nitrogens is 1. The van der Waals surface area contributed by atoms with Crippen molar-refractivity contribution in [2.45, 2.75) is 6.61 Å². The van der Waals surface area contributed by atoms with E-state index in [1.54, 1.807) is 13.2 Å². The molecule has 0 saturated carbocycles. The number of benzene rings is 2. The number of hydrogen-bond donors (Lipinski definition) is 1. The first-order valence-corrected chi connectivity index (χ1v) is 7.83. The van der Waals surface area contributed by atoms with E-state index in [1.165, 1.54) is 0 Å². The largest absolute Gasteiger partial charge is 0.493 e. The Balaban J connectivity index is 1.87. The monoisotopic (exact) mass is 394 g/mol. The minimum Gasteiger partial charge on any atom is -0.493 e. The number of nitrogens with zero attached hydrogens (tertiary/aromatic N) is 3. The molecule has 1 N–H and O–H groups in total. The normalized spacial score (nSPS) is 10.6. The first-order chi connectivity index (χ1) is 11.2. The zero-order chi connectivity index (χ0) is 16.2. The number of aromatic amines is 1. The first kappa shape index (κ1) is 15.8. The molecule has 0 unspecified atom stereocenters. The summed E-state index contributed by atoms with van der Waals surface area (Å²) in [4.78, 5) is 0. The Hall–Kier alpha value is -2.12. The summed E-state index contributed by atoms with van der Waals surface area (Å²) >= 11 is 9.48. The van der Waals surface area contributed by atoms with Gasteiger partial charge in [-0.2, -0.15) is 5.21 Å². The third kappa shape index (κ3) is 3.62. The molecule has 0 amide bonds. The van der Waals surface area contributed by atoms with Crippen molar-refractivity contribution in [3.8, 4) is 22.9 Å². The van der Waals surface area contributed by atoms with E-state index in [-0.39, 0.29) is 0 Å². The van der Waals surface area contributed by atoms with Crippen molar-refractivity contribution >= 4 is 27.5 Å². The van der Waals surface area contributed by atoms with Crippen molar-refractivity contribution in [2.75, 3.05) is 7.11 Å². The topological polar surface area (TPSA) is 72.9 Å². The van der Waals surface area contributed by atoms with Gasteiger partial charge in [-0.15, -0.1) is 10.2 Å². The van der Waals surface area contributed by atoms with Crippen molar-refractivity contribution < 1.29 is 9.47 Å². The van der Waals surface area contributed by atoms with Gasteiger partial charge in [0.25, 0.3) is 0 Å². The molecule has 8 heteroatoms. The molecule has 0 aliphatic carbocycles. The number of rotatable bonds is 5. The van der Waals surface area contributed by atoms with Crippen molar-refractivity contribution in [3.05, 3.63) is 51.5 Å². The van der Waals surface area contributed by atoms with Crippen molar-refractivity contribution in [1.82, 2.24) is 20.6 Å². The Labute approximate surface area is 145 Å². The minimum absolute atomic E-state index is 0.372. The van der Waals surface area contributed by atoms with E-state index in [9.17, 15) is 0 Å². The Morgan fingerprint density at radius 3 is 2.83 bits per heavy atom. The number of aromatic nitrogens is 4. The summed E-state index contributed by atoms with van der Waals surface area (Å²) in [6, 6.07) is 11.1. The quantitative estimate of drug-likeness (QED) is 0.710. The molecule has 0 aliphatic rings. The van der Waals surface area contributed by atoms with Crippen LogP contribution < -0.4 is 9.47 Å². The number of halogens is 2. The number of tetrazole rings is 1. The Bertz CT molecular complexity index is 811. The van der Waals surface area contributed by atoms with Gasteiger partial charge in [-0.05, 0) is 51.0 Å². The van der Waals surface area contributed by atoms with Gasteiger partial charge >= 0.3 is 0 Å². The van der Waals surface area contributed by atoms with Gasteiger partial charge in [0.15, 0.2) is 11.5 Å². The molecule has 118 valence electrons. The SMILES string of the molecule is COc1cc(-c2nn[nH]n2)cc(Br)c1OCc1cccc(Cl)c1. The van der Waals surface area contributed by atoms with Gasteiger partial charge in [0.1, 0.15) is 6.61 Å². The average molecular weight is 396 g/mol. The maximum atomic E-state index is 5.98. The van der Waals surface area contributed by atoms with Crippen LogP contribution in [0.1, 0.15) is 5.56 Å². The Kier molecular flexibility index (Phi) is 4.78. The summed E-state index contributed by atoms with van der Waals surface area (Å²) in [6.45, 7) is 0.372. The van der Waals surface area contributed by atoms with Crippen LogP contribution in [0.2, 0.25) is 5.02 Å². The lowest BCUT2D eigenvalue weighted by molar-refractivity contribution is 0.282. The van der Waals surface area contributed by atoms with E-state index in [0.29, 0.717) is 29.0 Å². The summed E-state index contributed by atoms with van der Waals surface area (Å²) in [5.41, 5.74) is 1.73. The second-order valence-corrected chi connectivity index (χ2v) is 5.93. The van der Waals surface area contributed by atoms with Crippen LogP contribution in [0.3, 0.4) is 0 Å². The van der Waals surface area contributed by atoms with Gasteiger partial charge in [0, 0.05) is 10.6 Å². The maximum absolute atomic E-state index is 5.98. The molecule has 3 aromatic rings. The fraction of sp³-hybridized carbons (Fsp3) is 0.133. The van der Waals surface area contributed by atoms with E-state index in [4.69, 9.17) is 21.1 Å². The van der Waals surface area contributed by atoms with Crippen LogP contribution >= 0.6 is 27.5 Å². The highest BCUT2D eigenvalue weighted by molar-refractivity contribution is 9.10. The maximum Gasteiger partial charge on any atom is 0.204 e. The lowest BCUT2D eigenvalue weighted by Gasteiger charge is -2.13. The van der Waals surface area contributed by atoms with E-state index in [2.05, 4.69) is 36.6 Å². The molecule has 1 heterocycles. The highest BCUT2D eigenvalue weighted by Gasteiger charge is 2.15. The van der Waals surface area contributed by atoms with Gasteiger partial charge in [-0.1, -0.05) is 23.7 Å². The third-order valence-corrected chi connectivity index (χ3v) is 3.93. The van der Waals surface area contributed by atoms with Crippen LogP contribution in [-0.4, -0.2) is 27.7 Å². The van der Waals surface area contributed by atoms with Gasteiger partial charge < -0.3 is 9.47 Å². The first-order valence-electron chi connectivity index (χ1n) is 6.66. The molecule has 3 rings (SSSR count). The van der Waals surface area contributed by atoms with Crippen molar-refractivity contribution in [2.24, 2.45) is 0 Å². The van der Waals surface area contributed by atoms with Crippen LogP contribution in [0.5, 0.6) is 11.5 Å². The van der Waals surface area contributed by atoms with Crippen LogP contribution in [0, 0.1) is 0 Å². The van der Waals surface area contributed by atoms with Crippen LogP contribution in [0.4, 0.5) is 0 Å². The van der Waals surface area contributed by atoms with Crippen LogP contribution in [-0.2, 0) is 6.61 Å². The molecule has 0 spiro atoms. The second kappa shape index (κ2) is 6.97. The molecule has 1 aromatic heterocycles. The molecule has 2 aromatic carbocycles. The van der Waals surface area contributed by atoms with Gasteiger partial charge in [0.05, 0.1) is 11.6 Å². The molecule has 0 saturated heterocycles. The smallest absolute Gasteiger partial charge is 0.204 e. The van der Waals surface area contributed by atoms with E-state index < -0.39 is 0 Å². The lowest BCUT2D eigenvalue weighted by Crippen LogP contribution is -1.99. The molecule has 0 aliphatic heterocycles. The molecule has 0 bridgehead atoms. The van der Waals surface area contributed by atoms with Gasteiger partial charge in [0.2, 0.25) is 5.82 Å². The summed E-state index contributed by atoms with van der Waals surface area (Å²) in [7, 11) is 1.58. The zero-order valence-corrected chi connectivity index (χ0v) is 14.4. The number of nitrogens with one attached hydrogen (secondary N) is 1. The fourth-order valence-corrected chi connectivity index (χ4v) is 2.82. The van der Waals surface area contributed by atoms with E-state index >= 15 is 0 Å². The lowest BCUT2D eigenvalue weighted by atomic mass is 10.2. The summed E-state index contributed by atoms with van der Waals surface area (Å²) in [5, 5.41) is 14.6. The van der Waals surface area contributed by atoms with Gasteiger partial charge in [-0.25, -0.2) is 0 Å². The predicted molar refractivity (Wildman–Crippen MR) is 89.6 cm³/mol. The summed E-state index contributed by atoms with van der Waals surface area (Å²) in [5.74, 6) is 1.64. The van der Waals surface area contributed by atoms with E-state index in [1.807, 2.05) is 30.3 Å². The number of ether oxygens (including phenoxy) is 2. The second-order valence-electron chi connectivity index (χ2n) is 4.64. The molecule has 0 radical (unpaired) electrons. The van der Waals surface area contributed by atoms with E-state index in [0.717, 1.165) is 15.6 Å². The molecular formula is C15H12BrClN4O2. The van der Waals surface area contributed by atoms with Crippen molar-refractivity contribution in [3.63, 3.8) is 0 Å². The fourth-order valence-electron chi connectivity index (χ4n) is 2.06. The van der Waals surface area contributed by atoms with Gasteiger partial charge in [-0.3, -0.25) is 0 Å². The summed E-state index contributed by atoms with van der Waals surface area (Å²) in [6.07, 6.45) is 0. The Morgan fingerprint density at radius 2 is 2.13 bits per heavy atom. The molecule has 0 atom stereocenters. The number of methoxy groups -OCH3 is 1. The Morgan fingerprint density at radius 1 is 1.26 bits per heavy atom. The minimum atomic E-state index is 0.372. The molecule has 23 heavy (non-hydrogen) atoms. The van der Waals surface area contributed by atoms with Crippen LogP contribution in [0.25, 0.3) is 11.4 Å². The third-order valence-electron chi connectivity index (χ3n) is 3.11. The highest BCUT2D eigenvalue weighted by Crippen LogP contribution is 2.39. The van der Waals surface area contributed by atoms with Crippen LogP contribution in [0.15, 0.2) is 40.9 Å².